The molecular formula is C15H21NO. The van der Waals surface area contributed by atoms with Crippen LogP contribution in [-0.4, -0.2) is 11.8 Å². The second-order valence-corrected chi connectivity index (χ2v) is 4.62. The fourth-order valence-corrected chi connectivity index (χ4v) is 1.82. The highest BCUT2D eigenvalue weighted by molar-refractivity contribution is 5.78. The van der Waals surface area contributed by atoms with Crippen molar-refractivity contribution in [2.45, 2.75) is 33.2 Å². The lowest BCUT2D eigenvalue weighted by molar-refractivity contribution is -0.121. The molecule has 0 saturated carbocycles. The minimum Gasteiger partial charge on any atom is -0.385 e. The summed E-state index contributed by atoms with van der Waals surface area (Å²) >= 11 is 0. The Morgan fingerprint density at radius 2 is 1.88 bits per heavy atom. The molecule has 1 aromatic rings. The number of hydrogen-bond donors (Lipinski definition) is 1. The van der Waals surface area contributed by atoms with Crippen LogP contribution in [0, 0.1) is 5.92 Å². The van der Waals surface area contributed by atoms with Crippen molar-refractivity contribution >= 4 is 5.78 Å². The molecule has 0 aromatic heterocycles. The molecule has 1 N–H and O–H groups in total. The molecule has 0 aliphatic rings. The summed E-state index contributed by atoms with van der Waals surface area (Å²) in [5, 5.41) is 3.29. The van der Waals surface area contributed by atoms with Gasteiger partial charge < -0.3 is 5.32 Å². The van der Waals surface area contributed by atoms with E-state index in [9.17, 15) is 4.79 Å². The Hall–Kier alpha value is -1.57. The van der Waals surface area contributed by atoms with Gasteiger partial charge in [0.25, 0.3) is 0 Å². The normalized spacial score (nSPS) is 13.8. The van der Waals surface area contributed by atoms with Crippen LogP contribution in [0.4, 0.5) is 0 Å². The number of hydrogen-bond acceptors (Lipinski definition) is 2. The molecule has 2 heteroatoms. The maximum absolute atomic E-state index is 11.5. The van der Waals surface area contributed by atoms with Gasteiger partial charge in [-0.3, -0.25) is 4.79 Å². The number of allylic oxidation sites excluding steroid dienone is 1. The van der Waals surface area contributed by atoms with Gasteiger partial charge >= 0.3 is 0 Å². The molecular weight excluding hydrogens is 210 g/mol. The van der Waals surface area contributed by atoms with E-state index in [0.717, 1.165) is 12.1 Å². The minimum atomic E-state index is -0.00749. The molecule has 0 saturated heterocycles. The van der Waals surface area contributed by atoms with E-state index in [4.69, 9.17) is 0 Å². The summed E-state index contributed by atoms with van der Waals surface area (Å²) in [5.74, 6) is 0.201. The van der Waals surface area contributed by atoms with E-state index in [2.05, 4.69) is 24.0 Å². The molecule has 0 radical (unpaired) electrons. The smallest absolute Gasteiger partial charge is 0.134 e. The molecule has 0 heterocycles. The third kappa shape index (κ3) is 4.43. The zero-order valence-electron chi connectivity index (χ0n) is 10.9. The van der Waals surface area contributed by atoms with E-state index in [1.165, 1.54) is 5.56 Å². The number of carbonyl (C=O) groups is 1. The second kappa shape index (κ2) is 6.24. The van der Waals surface area contributed by atoms with Gasteiger partial charge in [-0.1, -0.05) is 43.8 Å². The summed E-state index contributed by atoms with van der Waals surface area (Å²) in [6, 6.07) is 10.3. The average molecular weight is 231 g/mol. The first kappa shape index (κ1) is 13.5. The van der Waals surface area contributed by atoms with Crippen LogP contribution in [0.2, 0.25) is 0 Å². The Morgan fingerprint density at radius 3 is 2.35 bits per heavy atom. The molecule has 0 aliphatic carbocycles. The molecule has 2 unspecified atom stereocenters. The number of benzene rings is 1. The van der Waals surface area contributed by atoms with Gasteiger partial charge in [0.2, 0.25) is 0 Å². The zero-order valence-corrected chi connectivity index (χ0v) is 10.9. The molecule has 92 valence electrons. The highest BCUT2D eigenvalue weighted by atomic mass is 16.1. The predicted octanol–water partition coefficient (Wildman–Crippen LogP) is 2.95. The summed E-state index contributed by atoms with van der Waals surface area (Å²) in [6.07, 6.45) is 0.842. The van der Waals surface area contributed by atoms with Crippen LogP contribution in [0.5, 0.6) is 0 Å². The zero-order chi connectivity index (χ0) is 12.8. The first-order valence-electron chi connectivity index (χ1n) is 5.97. The van der Waals surface area contributed by atoms with E-state index in [1.54, 1.807) is 6.92 Å². The maximum atomic E-state index is 11.5. The van der Waals surface area contributed by atoms with Crippen molar-refractivity contribution in [3.8, 4) is 0 Å². The average Bonchev–Trinajstić information content (AvgIpc) is 2.28. The predicted molar refractivity (Wildman–Crippen MR) is 71.7 cm³/mol. The Balaban J connectivity index is 2.77. The lowest BCUT2D eigenvalue weighted by atomic mass is 9.92. The van der Waals surface area contributed by atoms with Crippen molar-refractivity contribution in [2.24, 2.45) is 5.92 Å². The van der Waals surface area contributed by atoms with Crippen LogP contribution in [-0.2, 0) is 11.2 Å². The summed E-state index contributed by atoms with van der Waals surface area (Å²) in [5.41, 5.74) is 2.14. The summed E-state index contributed by atoms with van der Waals surface area (Å²) in [7, 11) is 0. The lowest BCUT2D eigenvalue weighted by Gasteiger charge is -2.24. The molecule has 0 amide bonds. The number of nitrogens with one attached hydrogen (secondary N) is 1. The van der Waals surface area contributed by atoms with Crippen LogP contribution >= 0.6 is 0 Å². The molecule has 2 nitrogen and oxygen atoms in total. The molecule has 0 bridgehead atoms. The summed E-state index contributed by atoms with van der Waals surface area (Å²) in [4.78, 5) is 11.5. The molecule has 0 aliphatic heterocycles. The molecule has 0 spiro atoms. The second-order valence-electron chi connectivity index (χ2n) is 4.62. The van der Waals surface area contributed by atoms with Gasteiger partial charge in [-0.2, -0.15) is 0 Å². The van der Waals surface area contributed by atoms with E-state index in [0.29, 0.717) is 0 Å². The van der Waals surface area contributed by atoms with Crippen LogP contribution in [0.3, 0.4) is 0 Å². The minimum absolute atomic E-state index is 0.00749. The summed E-state index contributed by atoms with van der Waals surface area (Å²) < 4.78 is 0. The van der Waals surface area contributed by atoms with Crippen LogP contribution in [0.15, 0.2) is 42.6 Å². The molecule has 0 fully saturated rings. The van der Waals surface area contributed by atoms with Gasteiger partial charge in [0.15, 0.2) is 0 Å². The maximum Gasteiger partial charge on any atom is 0.134 e. The largest absolute Gasteiger partial charge is 0.385 e. The Morgan fingerprint density at radius 1 is 1.29 bits per heavy atom. The molecule has 1 rings (SSSR count). The van der Waals surface area contributed by atoms with Crippen molar-refractivity contribution < 1.29 is 4.79 Å². The van der Waals surface area contributed by atoms with Crippen LogP contribution in [0.1, 0.15) is 26.3 Å². The highest BCUT2D eigenvalue weighted by Crippen LogP contribution is 2.12. The fraction of sp³-hybridized carbons (Fsp3) is 0.400. The van der Waals surface area contributed by atoms with Crippen molar-refractivity contribution in [1.82, 2.24) is 5.32 Å². The van der Waals surface area contributed by atoms with E-state index in [-0.39, 0.29) is 17.7 Å². The highest BCUT2D eigenvalue weighted by Gasteiger charge is 2.20. The van der Waals surface area contributed by atoms with E-state index >= 15 is 0 Å². The van der Waals surface area contributed by atoms with Gasteiger partial charge in [-0.15, -0.1) is 0 Å². The van der Waals surface area contributed by atoms with Gasteiger partial charge in [0.05, 0.1) is 0 Å². The van der Waals surface area contributed by atoms with Crippen molar-refractivity contribution in [3.05, 3.63) is 48.2 Å². The Labute approximate surface area is 104 Å². The fourth-order valence-electron chi connectivity index (χ4n) is 1.82. The Kier molecular flexibility index (Phi) is 4.95. The van der Waals surface area contributed by atoms with Gasteiger partial charge in [0, 0.05) is 17.7 Å². The number of rotatable bonds is 6. The molecule has 2 atom stereocenters. The van der Waals surface area contributed by atoms with E-state index < -0.39 is 0 Å². The van der Waals surface area contributed by atoms with Crippen LogP contribution < -0.4 is 5.32 Å². The van der Waals surface area contributed by atoms with Crippen molar-refractivity contribution in [1.29, 1.82) is 0 Å². The number of carbonyl (C=O) groups excluding carboxylic acids is 1. The monoisotopic (exact) mass is 231 g/mol. The SMILES string of the molecule is C=C(C)NC(Cc1ccccc1)C(C)C(C)=O. The third-order valence-corrected chi connectivity index (χ3v) is 2.98. The number of ketones is 1. The van der Waals surface area contributed by atoms with Crippen molar-refractivity contribution in [2.75, 3.05) is 0 Å². The first-order valence-corrected chi connectivity index (χ1v) is 5.97. The molecule has 17 heavy (non-hydrogen) atoms. The molecule has 1 aromatic carbocycles. The van der Waals surface area contributed by atoms with Gasteiger partial charge in [-0.05, 0) is 25.8 Å². The van der Waals surface area contributed by atoms with Gasteiger partial charge in [-0.25, -0.2) is 0 Å². The Bertz CT molecular complexity index is 383. The van der Waals surface area contributed by atoms with Crippen molar-refractivity contribution in [3.63, 3.8) is 0 Å². The summed E-state index contributed by atoms with van der Waals surface area (Å²) in [6.45, 7) is 9.38. The number of Topliss-reactive ketones (excluding diaryl/α,β-unsaturated/α-hetero) is 1. The standard InChI is InChI=1S/C15H21NO/c1-11(2)16-15(12(3)13(4)17)10-14-8-6-5-7-9-14/h5-9,12,15-16H,1,10H2,2-4H3. The quantitative estimate of drug-likeness (QED) is 0.815. The van der Waals surface area contributed by atoms with E-state index in [1.807, 2.05) is 32.0 Å². The third-order valence-electron chi connectivity index (χ3n) is 2.98. The van der Waals surface area contributed by atoms with Crippen LogP contribution in [0.25, 0.3) is 0 Å². The first-order chi connectivity index (χ1) is 8.00. The lowest BCUT2D eigenvalue weighted by Crippen LogP contribution is -2.38. The van der Waals surface area contributed by atoms with Gasteiger partial charge in [0.1, 0.15) is 5.78 Å². The topological polar surface area (TPSA) is 29.1 Å².